The molecule has 0 N–H and O–H groups in total. The van der Waals surface area contributed by atoms with Crippen molar-refractivity contribution in [3.63, 3.8) is 0 Å². The fourth-order valence-electron chi connectivity index (χ4n) is 2.25. The lowest BCUT2D eigenvalue weighted by atomic mass is 10.4. The Balaban J connectivity index is 1.72. The highest BCUT2D eigenvalue weighted by atomic mass is 35.5. The normalized spacial score (nSPS) is 17.1. The fourth-order valence-corrected chi connectivity index (χ4v) is 4.49. The van der Waals surface area contributed by atoms with E-state index in [2.05, 4.69) is 9.88 Å². The minimum Gasteiger partial charge on any atom is -0.345 e. The number of anilines is 1. The van der Waals surface area contributed by atoms with Crippen LogP contribution in [0.2, 0.25) is 5.02 Å². The highest BCUT2D eigenvalue weighted by molar-refractivity contribution is 7.89. The number of aromatic nitrogens is 1. The highest BCUT2D eigenvalue weighted by Gasteiger charge is 2.29. The Morgan fingerprint density at radius 1 is 1.10 bits per heavy atom. The summed E-state index contributed by atoms with van der Waals surface area (Å²) in [6.07, 6.45) is 1.76. The van der Waals surface area contributed by atoms with E-state index < -0.39 is 10.0 Å². The number of piperazine rings is 1. The molecule has 0 unspecified atom stereocenters. The third kappa shape index (κ3) is 3.06. The van der Waals surface area contributed by atoms with Gasteiger partial charge in [-0.15, -0.1) is 11.3 Å². The van der Waals surface area contributed by atoms with Crippen molar-refractivity contribution in [3.8, 4) is 0 Å². The first-order valence-corrected chi connectivity index (χ1v) is 9.17. The molecule has 5 nitrogen and oxygen atoms in total. The van der Waals surface area contributed by atoms with Crippen molar-refractivity contribution < 1.29 is 8.42 Å². The molecule has 0 bridgehead atoms. The zero-order valence-electron chi connectivity index (χ0n) is 11.1. The lowest BCUT2D eigenvalue weighted by Gasteiger charge is -2.33. The molecule has 0 atom stereocenters. The van der Waals surface area contributed by atoms with Crippen molar-refractivity contribution in [1.29, 1.82) is 0 Å². The van der Waals surface area contributed by atoms with E-state index in [9.17, 15) is 8.42 Å². The molecule has 2 heterocycles. The molecule has 1 fully saturated rings. The van der Waals surface area contributed by atoms with Crippen LogP contribution >= 0.6 is 22.9 Å². The number of thiazole rings is 1. The lowest BCUT2D eigenvalue weighted by molar-refractivity contribution is 0.385. The largest absolute Gasteiger partial charge is 0.345 e. The predicted molar refractivity (Wildman–Crippen MR) is 84.5 cm³/mol. The van der Waals surface area contributed by atoms with Gasteiger partial charge in [-0.3, -0.25) is 0 Å². The van der Waals surface area contributed by atoms with E-state index in [-0.39, 0.29) is 4.90 Å². The second kappa shape index (κ2) is 5.92. The van der Waals surface area contributed by atoms with Gasteiger partial charge < -0.3 is 4.90 Å². The second-order valence-electron chi connectivity index (χ2n) is 4.66. The van der Waals surface area contributed by atoms with Crippen molar-refractivity contribution in [2.24, 2.45) is 0 Å². The van der Waals surface area contributed by atoms with Crippen LogP contribution in [0.1, 0.15) is 0 Å². The first-order valence-electron chi connectivity index (χ1n) is 6.47. The lowest BCUT2D eigenvalue weighted by Crippen LogP contribution is -2.48. The maximum Gasteiger partial charge on any atom is 0.243 e. The van der Waals surface area contributed by atoms with Crippen LogP contribution in [0.5, 0.6) is 0 Å². The molecule has 2 aromatic rings. The van der Waals surface area contributed by atoms with E-state index in [1.165, 1.54) is 4.31 Å². The number of nitrogens with zero attached hydrogens (tertiary/aromatic N) is 3. The van der Waals surface area contributed by atoms with Crippen LogP contribution in [-0.2, 0) is 10.0 Å². The second-order valence-corrected chi connectivity index (χ2v) is 7.91. The summed E-state index contributed by atoms with van der Waals surface area (Å²) in [6, 6.07) is 6.29. The van der Waals surface area contributed by atoms with Gasteiger partial charge in [-0.1, -0.05) is 11.6 Å². The molecule has 0 spiro atoms. The van der Waals surface area contributed by atoms with Crippen LogP contribution in [0.25, 0.3) is 0 Å². The van der Waals surface area contributed by atoms with Gasteiger partial charge in [0, 0.05) is 42.8 Å². The summed E-state index contributed by atoms with van der Waals surface area (Å²) in [7, 11) is -3.44. The van der Waals surface area contributed by atoms with E-state index in [0.717, 1.165) is 5.13 Å². The summed E-state index contributed by atoms with van der Waals surface area (Å²) in [5, 5.41) is 3.40. The summed E-state index contributed by atoms with van der Waals surface area (Å²) >= 11 is 7.37. The SMILES string of the molecule is O=S(=O)(c1ccc(Cl)cc1)N1CCN(c2nccs2)CC1. The average molecular weight is 344 g/mol. The van der Waals surface area contributed by atoms with Crippen LogP contribution in [-0.4, -0.2) is 43.9 Å². The molecule has 1 aliphatic rings. The number of sulfonamides is 1. The van der Waals surface area contributed by atoms with Gasteiger partial charge in [-0.05, 0) is 24.3 Å². The maximum atomic E-state index is 12.5. The Hall–Kier alpha value is -1.15. The first-order chi connectivity index (χ1) is 10.1. The highest BCUT2D eigenvalue weighted by Crippen LogP contribution is 2.23. The zero-order chi connectivity index (χ0) is 14.9. The van der Waals surface area contributed by atoms with E-state index >= 15 is 0 Å². The van der Waals surface area contributed by atoms with Crippen LogP contribution in [0.3, 0.4) is 0 Å². The smallest absolute Gasteiger partial charge is 0.243 e. The van der Waals surface area contributed by atoms with E-state index in [4.69, 9.17) is 11.6 Å². The third-order valence-corrected chi connectivity index (χ3v) is 6.38. The summed E-state index contributed by atoms with van der Waals surface area (Å²) in [5.74, 6) is 0. The van der Waals surface area contributed by atoms with Gasteiger partial charge in [0.25, 0.3) is 0 Å². The molecule has 0 amide bonds. The van der Waals surface area contributed by atoms with Gasteiger partial charge >= 0.3 is 0 Å². The molecule has 112 valence electrons. The molecule has 8 heteroatoms. The summed E-state index contributed by atoms with van der Waals surface area (Å²) in [6.45, 7) is 2.23. The minimum absolute atomic E-state index is 0.287. The van der Waals surface area contributed by atoms with Crippen molar-refractivity contribution in [1.82, 2.24) is 9.29 Å². The number of hydrogen-bond acceptors (Lipinski definition) is 5. The van der Waals surface area contributed by atoms with E-state index in [0.29, 0.717) is 31.2 Å². The molecule has 0 aliphatic carbocycles. The molecule has 1 aromatic carbocycles. The van der Waals surface area contributed by atoms with E-state index in [1.807, 2.05) is 5.38 Å². The van der Waals surface area contributed by atoms with Crippen LogP contribution in [0.15, 0.2) is 40.7 Å². The number of hydrogen-bond donors (Lipinski definition) is 0. The van der Waals surface area contributed by atoms with Crippen molar-refractivity contribution in [2.45, 2.75) is 4.90 Å². The Labute approximate surface area is 132 Å². The van der Waals surface area contributed by atoms with Crippen molar-refractivity contribution in [2.75, 3.05) is 31.1 Å². The van der Waals surface area contributed by atoms with Gasteiger partial charge in [0.1, 0.15) is 0 Å². The van der Waals surface area contributed by atoms with E-state index in [1.54, 1.807) is 41.8 Å². The van der Waals surface area contributed by atoms with Gasteiger partial charge in [0.2, 0.25) is 10.0 Å². The van der Waals surface area contributed by atoms with Crippen molar-refractivity contribution >= 4 is 38.1 Å². The zero-order valence-corrected chi connectivity index (χ0v) is 13.5. The Bertz CT molecular complexity index is 694. The fraction of sp³-hybridized carbons (Fsp3) is 0.308. The standard InChI is InChI=1S/C13H14ClN3O2S2/c14-11-1-3-12(4-2-11)21(18,19)17-8-6-16(7-9-17)13-15-5-10-20-13/h1-5,10H,6-9H2. The van der Waals surface area contributed by atoms with Gasteiger partial charge in [0.05, 0.1) is 4.90 Å². The molecule has 0 radical (unpaired) electrons. The predicted octanol–water partition coefficient (Wildman–Crippen LogP) is 2.31. The third-order valence-electron chi connectivity index (χ3n) is 3.38. The first kappa shape index (κ1) is 14.8. The maximum absolute atomic E-state index is 12.5. The summed E-state index contributed by atoms with van der Waals surface area (Å²) in [4.78, 5) is 6.65. The molecule has 0 saturated carbocycles. The van der Waals surface area contributed by atoms with Crippen LogP contribution in [0.4, 0.5) is 5.13 Å². The molecular formula is C13H14ClN3O2S2. The van der Waals surface area contributed by atoms with Crippen molar-refractivity contribution in [3.05, 3.63) is 40.9 Å². The van der Waals surface area contributed by atoms with Gasteiger partial charge in [0.15, 0.2) is 5.13 Å². The average Bonchev–Trinajstić information content (AvgIpc) is 3.02. The van der Waals surface area contributed by atoms with Crippen LogP contribution in [0, 0.1) is 0 Å². The molecule has 1 aromatic heterocycles. The Morgan fingerprint density at radius 3 is 2.33 bits per heavy atom. The molecule has 3 rings (SSSR count). The Morgan fingerprint density at radius 2 is 1.76 bits per heavy atom. The number of benzene rings is 1. The topological polar surface area (TPSA) is 53.5 Å². The molecule has 21 heavy (non-hydrogen) atoms. The van der Waals surface area contributed by atoms with Gasteiger partial charge in [-0.2, -0.15) is 4.31 Å². The van der Waals surface area contributed by atoms with Gasteiger partial charge in [-0.25, -0.2) is 13.4 Å². The number of rotatable bonds is 3. The summed E-state index contributed by atoms with van der Waals surface area (Å²) < 4.78 is 26.6. The number of halogens is 1. The molecular weight excluding hydrogens is 330 g/mol. The quantitative estimate of drug-likeness (QED) is 0.858. The molecule has 1 saturated heterocycles. The summed E-state index contributed by atoms with van der Waals surface area (Å²) in [5.41, 5.74) is 0. The van der Waals surface area contributed by atoms with Crippen LogP contribution < -0.4 is 4.90 Å². The monoisotopic (exact) mass is 343 g/mol. The Kier molecular flexibility index (Phi) is 4.17. The minimum atomic E-state index is -3.44. The molecule has 1 aliphatic heterocycles.